The summed E-state index contributed by atoms with van der Waals surface area (Å²) in [5.41, 5.74) is -2.30. The molecule has 0 unspecified atom stereocenters. The maximum absolute atomic E-state index is 12.8. The van der Waals surface area contributed by atoms with Gasteiger partial charge >= 0.3 is 16.4 Å². The Labute approximate surface area is 96.6 Å². The molecule has 0 spiro atoms. The minimum atomic E-state index is -4.56. The monoisotopic (exact) mass is 268 g/mol. The van der Waals surface area contributed by atoms with Crippen LogP contribution in [0.5, 0.6) is 0 Å². The number of alkyl halides is 3. The molecule has 1 aromatic rings. The summed E-state index contributed by atoms with van der Waals surface area (Å²) in [6.45, 7) is 0. The van der Waals surface area contributed by atoms with E-state index in [1.54, 1.807) is 4.72 Å². The van der Waals surface area contributed by atoms with E-state index < -0.39 is 21.9 Å². The second kappa shape index (κ2) is 3.74. The molecule has 96 valence electrons. The first kappa shape index (κ1) is 12.4. The van der Waals surface area contributed by atoms with Gasteiger partial charge in [-0.2, -0.15) is 26.3 Å². The average molecular weight is 268 g/mol. The van der Waals surface area contributed by atoms with Crippen LogP contribution >= 0.6 is 0 Å². The topological polar surface area (TPSA) is 51.1 Å². The van der Waals surface area contributed by atoms with Gasteiger partial charge in [-0.3, -0.25) is 0 Å². The Bertz CT molecular complexity index is 489. The molecule has 0 saturated heterocycles. The third-order valence-corrected chi connectivity index (χ3v) is 4.38. The zero-order valence-electron chi connectivity index (χ0n) is 8.74. The molecule has 0 radical (unpaired) electrons. The second-order valence-electron chi connectivity index (χ2n) is 4.05. The van der Waals surface area contributed by atoms with Gasteiger partial charge in [-0.05, 0) is 31.4 Å². The Morgan fingerprint density at radius 2 is 1.71 bits per heavy atom. The van der Waals surface area contributed by atoms with Gasteiger partial charge in [0.1, 0.15) is 5.54 Å². The molecule has 1 aromatic heterocycles. The zero-order chi connectivity index (χ0) is 12.7. The molecule has 0 aromatic carbocycles. The SMILES string of the molecule is O=S(=O)(NC1(C(F)(F)F)CCC1)n1cccc1. The lowest BCUT2D eigenvalue weighted by Gasteiger charge is -2.42. The smallest absolute Gasteiger partial charge is 0.241 e. The highest BCUT2D eigenvalue weighted by Crippen LogP contribution is 2.45. The highest BCUT2D eigenvalue weighted by atomic mass is 32.2. The molecule has 1 heterocycles. The molecule has 0 atom stereocenters. The van der Waals surface area contributed by atoms with Gasteiger partial charge in [-0.15, -0.1) is 0 Å². The van der Waals surface area contributed by atoms with Crippen LogP contribution in [0.2, 0.25) is 0 Å². The Balaban J connectivity index is 2.27. The van der Waals surface area contributed by atoms with Crippen molar-refractivity contribution in [2.75, 3.05) is 0 Å². The van der Waals surface area contributed by atoms with Gasteiger partial charge in [0.25, 0.3) is 0 Å². The van der Waals surface area contributed by atoms with Crippen LogP contribution in [0.3, 0.4) is 0 Å². The van der Waals surface area contributed by atoms with Gasteiger partial charge in [0.15, 0.2) is 0 Å². The molecule has 4 nitrogen and oxygen atoms in total. The fourth-order valence-electron chi connectivity index (χ4n) is 1.75. The van der Waals surface area contributed by atoms with Gasteiger partial charge in [0, 0.05) is 12.4 Å². The number of nitrogens with zero attached hydrogens (tertiary/aromatic N) is 1. The molecule has 2 rings (SSSR count). The van der Waals surface area contributed by atoms with Crippen molar-refractivity contribution in [3.8, 4) is 0 Å². The largest absolute Gasteiger partial charge is 0.407 e. The molecule has 1 aliphatic carbocycles. The van der Waals surface area contributed by atoms with E-state index in [0.717, 1.165) is 3.97 Å². The molecule has 1 fully saturated rings. The number of nitrogens with one attached hydrogen (secondary N) is 1. The minimum Gasteiger partial charge on any atom is -0.241 e. The predicted octanol–water partition coefficient (Wildman–Crippen LogP) is 1.66. The first-order chi connectivity index (χ1) is 7.77. The van der Waals surface area contributed by atoms with Crippen molar-refractivity contribution in [2.24, 2.45) is 0 Å². The van der Waals surface area contributed by atoms with Crippen LogP contribution in [0.1, 0.15) is 19.3 Å². The van der Waals surface area contributed by atoms with Crippen LogP contribution in [0, 0.1) is 0 Å². The first-order valence-corrected chi connectivity index (χ1v) is 6.45. The summed E-state index contributed by atoms with van der Waals surface area (Å²) in [4.78, 5) is 0. The lowest BCUT2D eigenvalue weighted by Crippen LogP contribution is -2.63. The van der Waals surface area contributed by atoms with Crippen molar-refractivity contribution in [1.29, 1.82) is 0 Å². The average Bonchev–Trinajstić information content (AvgIpc) is 2.62. The molecule has 0 aliphatic heterocycles. The minimum absolute atomic E-state index is 0.211. The van der Waals surface area contributed by atoms with E-state index in [2.05, 4.69) is 0 Å². The number of hydrogen-bond acceptors (Lipinski definition) is 2. The zero-order valence-corrected chi connectivity index (χ0v) is 9.55. The van der Waals surface area contributed by atoms with Gasteiger partial charge in [-0.25, -0.2) is 3.97 Å². The Morgan fingerprint density at radius 1 is 1.18 bits per heavy atom. The van der Waals surface area contributed by atoms with E-state index in [-0.39, 0.29) is 12.8 Å². The molecule has 1 aliphatic rings. The molecule has 8 heteroatoms. The number of aromatic nitrogens is 1. The maximum atomic E-state index is 12.8. The fraction of sp³-hybridized carbons (Fsp3) is 0.556. The Morgan fingerprint density at radius 3 is 2.06 bits per heavy atom. The number of halogens is 3. The van der Waals surface area contributed by atoms with E-state index in [0.29, 0.717) is 6.42 Å². The van der Waals surface area contributed by atoms with E-state index in [9.17, 15) is 21.6 Å². The van der Waals surface area contributed by atoms with E-state index in [4.69, 9.17) is 0 Å². The van der Waals surface area contributed by atoms with Crippen molar-refractivity contribution in [3.05, 3.63) is 24.5 Å². The molecule has 17 heavy (non-hydrogen) atoms. The first-order valence-electron chi connectivity index (χ1n) is 5.01. The standard InChI is InChI=1S/C9H11F3N2O2S/c10-9(11,12)8(4-3-5-8)13-17(15,16)14-6-1-2-7-14/h1-2,6-7,13H,3-5H2. The van der Waals surface area contributed by atoms with E-state index in [1.165, 1.54) is 24.5 Å². The summed E-state index contributed by atoms with van der Waals surface area (Å²) in [5, 5.41) is 0. The lowest BCUT2D eigenvalue weighted by molar-refractivity contribution is -0.212. The van der Waals surface area contributed by atoms with Crippen LogP contribution < -0.4 is 4.72 Å². The molecular weight excluding hydrogens is 257 g/mol. The van der Waals surface area contributed by atoms with Crippen LogP contribution in [0.4, 0.5) is 13.2 Å². The van der Waals surface area contributed by atoms with E-state index in [1.807, 2.05) is 0 Å². The highest BCUT2D eigenvalue weighted by Gasteiger charge is 2.60. The second-order valence-corrected chi connectivity index (χ2v) is 5.63. The molecule has 0 amide bonds. The molecule has 1 saturated carbocycles. The maximum Gasteiger partial charge on any atom is 0.407 e. The van der Waals surface area contributed by atoms with Gasteiger partial charge in [-0.1, -0.05) is 0 Å². The fourth-order valence-corrected chi connectivity index (χ4v) is 3.13. The lowest BCUT2D eigenvalue weighted by atomic mass is 9.77. The third kappa shape index (κ3) is 2.06. The summed E-state index contributed by atoms with van der Waals surface area (Å²) >= 11 is 0. The Kier molecular flexibility index (Phi) is 2.74. The number of hydrogen-bond donors (Lipinski definition) is 1. The molecule has 0 bridgehead atoms. The van der Waals surface area contributed by atoms with Crippen LogP contribution in [-0.4, -0.2) is 24.1 Å². The van der Waals surface area contributed by atoms with Crippen molar-refractivity contribution in [3.63, 3.8) is 0 Å². The normalized spacial score (nSPS) is 19.9. The summed E-state index contributed by atoms with van der Waals surface area (Å²) in [6.07, 6.45) is -2.25. The summed E-state index contributed by atoms with van der Waals surface area (Å²) in [6, 6.07) is 2.86. The quantitative estimate of drug-likeness (QED) is 0.906. The van der Waals surface area contributed by atoms with Crippen LogP contribution in [-0.2, 0) is 10.2 Å². The van der Waals surface area contributed by atoms with Crippen LogP contribution in [0.25, 0.3) is 0 Å². The van der Waals surface area contributed by atoms with Crippen molar-refractivity contribution in [2.45, 2.75) is 31.0 Å². The highest BCUT2D eigenvalue weighted by molar-refractivity contribution is 7.88. The van der Waals surface area contributed by atoms with Gasteiger partial charge < -0.3 is 0 Å². The summed E-state index contributed by atoms with van der Waals surface area (Å²) < 4.78 is 64.3. The van der Waals surface area contributed by atoms with Crippen molar-refractivity contribution in [1.82, 2.24) is 8.69 Å². The predicted molar refractivity (Wildman–Crippen MR) is 54.5 cm³/mol. The van der Waals surface area contributed by atoms with E-state index >= 15 is 0 Å². The van der Waals surface area contributed by atoms with Crippen LogP contribution in [0.15, 0.2) is 24.5 Å². The molecule has 1 N–H and O–H groups in total. The van der Waals surface area contributed by atoms with Gasteiger partial charge in [0.05, 0.1) is 0 Å². The summed E-state index contributed by atoms with van der Waals surface area (Å²) in [7, 11) is -4.17. The Hall–Kier alpha value is -1.02. The van der Waals surface area contributed by atoms with Crippen molar-refractivity contribution < 1.29 is 21.6 Å². The number of rotatable bonds is 3. The third-order valence-electron chi connectivity index (χ3n) is 2.93. The molecular formula is C9H11F3N2O2S. The van der Waals surface area contributed by atoms with Crippen molar-refractivity contribution >= 4 is 10.2 Å². The summed E-state index contributed by atoms with van der Waals surface area (Å²) in [5.74, 6) is 0. The van der Waals surface area contributed by atoms with Gasteiger partial charge in [0.2, 0.25) is 0 Å².